The molecule has 1 saturated carbocycles. The molecule has 2 atom stereocenters. The predicted octanol–water partition coefficient (Wildman–Crippen LogP) is 3.28. The fourth-order valence-corrected chi connectivity index (χ4v) is 4.13. The number of nitrogens with zero attached hydrogens (tertiary/aromatic N) is 1. The summed E-state index contributed by atoms with van der Waals surface area (Å²) in [6.45, 7) is 2.38. The monoisotopic (exact) mass is 351 g/mol. The maximum Gasteiger partial charge on any atom is 0.254 e. The first-order valence-corrected chi connectivity index (χ1v) is 9.13. The van der Waals surface area contributed by atoms with Crippen molar-refractivity contribution in [3.63, 3.8) is 0 Å². The number of fused-ring (bicyclic) bond motifs is 2. The lowest BCUT2D eigenvalue weighted by Crippen LogP contribution is -2.54. The summed E-state index contributed by atoms with van der Waals surface area (Å²) in [7, 11) is 0. The molecule has 6 heteroatoms. The molecular formula is C18H22ClNO4. The van der Waals surface area contributed by atoms with Gasteiger partial charge < -0.3 is 19.1 Å². The van der Waals surface area contributed by atoms with Crippen molar-refractivity contribution >= 4 is 17.5 Å². The number of rotatable bonds is 1. The Balaban J connectivity index is 1.62. The molecule has 1 saturated heterocycles. The lowest BCUT2D eigenvalue weighted by molar-refractivity contribution is -0.0752. The number of morpholine rings is 1. The van der Waals surface area contributed by atoms with Crippen LogP contribution in [0.25, 0.3) is 0 Å². The van der Waals surface area contributed by atoms with Crippen LogP contribution in [0, 0.1) is 0 Å². The highest BCUT2D eigenvalue weighted by Crippen LogP contribution is 2.39. The zero-order valence-corrected chi connectivity index (χ0v) is 14.4. The minimum atomic E-state index is 0.00717. The number of hydrogen-bond acceptors (Lipinski definition) is 4. The van der Waals surface area contributed by atoms with Crippen molar-refractivity contribution in [1.82, 2.24) is 4.90 Å². The van der Waals surface area contributed by atoms with Crippen LogP contribution in [0.4, 0.5) is 0 Å². The second-order valence-corrected chi connectivity index (χ2v) is 7.00. The molecule has 1 aromatic carbocycles. The van der Waals surface area contributed by atoms with Gasteiger partial charge in [0.15, 0.2) is 11.5 Å². The van der Waals surface area contributed by atoms with Gasteiger partial charge in [0, 0.05) is 18.5 Å². The molecule has 2 heterocycles. The van der Waals surface area contributed by atoms with Crippen molar-refractivity contribution in [2.75, 3.05) is 26.4 Å². The Labute approximate surface area is 146 Å². The van der Waals surface area contributed by atoms with Crippen LogP contribution < -0.4 is 9.47 Å². The van der Waals surface area contributed by atoms with Crippen LogP contribution in [-0.4, -0.2) is 49.3 Å². The van der Waals surface area contributed by atoms with Gasteiger partial charge in [-0.15, -0.1) is 0 Å². The summed E-state index contributed by atoms with van der Waals surface area (Å²) < 4.78 is 17.2. The van der Waals surface area contributed by atoms with Crippen molar-refractivity contribution in [1.29, 1.82) is 0 Å². The van der Waals surface area contributed by atoms with Crippen LogP contribution in [0.5, 0.6) is 11.5 Å². The van der Waals surface area contributed by atoms with Gasteiger partial charge in [0.25, 0.3) is 5.91 Å². The van der Waals surface area contributed by atoms with Crippen molar-refractivity contribution in [3.8, 4) is 11.5 Å². The summed E-state index contributed by atoms with van der Waals surface area (Å²) in [6, 6.07) is 3.64. The number of carbonyl (C=O) groups excluding carboxylic acids is 1. The molecule has 5 nitrogen and oxygen atoms in total. The molecule has 0 radical (unpaired) electrons. The average Bonchev–Trinajstić information content (AvgIpc) is 2.86. The summed E-state index contributed by atoms with van der Waals surface area (Å²) in [5.74, 6) is 1.12. The van der Waals surface area contributed by atoms with E-state index in [-0.39, 0.29) is 18.1 Å². The van der Waals surface area contributed by atoms with E-state index < -0.39 is 0 Å². The van der Waals surface area contributed by atoms with Gasteiger partial charge in [0.1, 0.15) is 0 Å². The Morgan fingerprint density at radius 1 is 1.08 bits per heavy atom. The first kappa shape index (κ1) is 16.0. The molecule has 2 unspecified atom stereocenters. The van der Waals surface area contributed by atoms with Crippen LogP contribution in [-0.2, 0) is 4.74 Å². The smallest absolute Gasteiger partial charge is 0.254 e. The zero-order chi connectivity index (χ0) is 16.5. The van der Waals surface area contributed by atoms with Crippen molar-refractivity contribution in [2.45, 2.75) is 44.2 Å². The first-order chi connectivity index (χ1) is 11.7. The lowest BCUT2D eigenvalue weighted by Gasteiger charge is -2.43. The molecule has 4 rings (SSSR count). The highest BCUT2D eigenvalue weighted by atomic mass is 35.5. The number of hydrogen-bond donors (Lipinski definition) is 0. The Morgan fingerprint density at radius 2 is 1.92 bits per heavy atom. The molecule has 1 aromatic rings. The maximum atomic E-state index is 13.1. The largest absolute Gasteiger partial charge is 0.489 e. The van der Waals surface area contributed by atoms with E-state index in [1.54, 1.807) is 12.1 Å². The van der Waals surface area contributed by atoms with Gasteiger partial charge >= 0.3 is 0 Å². The summed E-state index contributed by atoms with van der Waals surface area (Å²) in [5, 5.41) is 0.436. The molecular weight excluding hydrogens is 330 g/mol. The molecule has 0 aromatic heterocycles. The lowest BCUT2D eigenvalue weighted by atomic mass is 9.89. The molecule has 130 valence electrons. The average molecular weight is 352 g/mol. The molecule has 1 amide bonds. The van der Waals surface area contributed by atoms with Crippen molar-refractivity contribution < 1.29 is 19.0 Å². The highest BCUT2D eigenvalue weighted by Gasteiger charge is 2.37. The summed E-state index contributed by atoms with van der Waals surface area (Å²) in [4.78, 5) is 15.1. The Hall–Kier alpha value is -1.46. The quantitative estimate of drug-likeness (QED) is 0.779. The van der Waals surface area contributed by atoms with E-state index in [1.165, 1.54) is 6.42 Å². The number of halogens is 1. The minimum Gasteiger partial charge on any atom is -0.489 e. The second kappa shape index (κ2) is 6.81. The first-order valence-electron chi connectivity index (χ1n) is 8.76. The van der Waals surface area contributed by atoms with E-state index in [0.717, 1.165) is 25.7 Å². The number of ether oxygens (including phenoxy) is 3. The SMILES string of the molecule is O=C(c1cc(Cl)c2c(c1)OCCCO2)N1CCOC2CCCCC21. The van der Waals surface area contributed by atoms with Gasteiger partial charge in [-0.25, -0.2) is 0 Å². The topological polar surface area (TPSA) is 48.0 Å². The normalized spacial score (nSPS) is 26.5. The minimum absolute atomic E-state index is 0.00717. The van der Waals surface area contributed by atoms with Crippen molar-refractivity contribution in [2.24, 2.45) is 0 Å². The molecule has 2 aliphatic heterocycles. The third-order valence-corrected chi connectivity index (χ3v) is 5.32. The molecule has 0 N–H and O–H groups in total. The fraction of sp³-hybridized carbons (Fsp3) is 0.611. The predicted molar refractivity (Wildman–Crippen MR) is 90.1 cm³/mol. The van der Waals surface area contributed by atoms with Crippen LogP contribution in [0.3, 0.4) is 0 Å². The Morgan fingerprint density at radius 3 is 2.83 bits per heavy atom. The van der Waals surface area contributed by atoms with Gasteiger partial charge in [-0.1, -0.05) is 24.4 Å². The van der Waals surface area contributed by atoms with Crippen LogP contribution in [0.2, 0.25) is 5.02 Å². The van der Waals surface area contributed by atoms with Gasteiger partial charge in [0.2, 0.25) is 0 Å². The molecule has 0 spiro atoms. The number of carbonyl (C=O) groups is 1. The second-order valence-electron chi connectivity index (χ2n) is 6.60. The Bertz CT molecular complexity index is 634. The molecule has 24 heavy (non-hydrogen) atoms. The third-order valence-electron chi connectivity index (χ3n) is 5.04. The van der Waals surface area contributed by atoms with E-state index in [1.807, 2.05) is 4.90 Å². The van der Waals surface area contributed by atoms with E-state index in [4.69, 9.17) is 25.8 Å². The maximum absolute atomic E-state index is 13.1. The standard InChI is InChI=1S/C18H22ClNO4/c19-13-10-12(11-16-17(13)24-8-3-7-22-16)18(21)20-6-9-23-15-5-2-1-4-14(15)20/h10-11,14-15H,1-9H2. The summed E-state index contributed by atoms with van der Waals surface area (Å²) in [6.07, 6.45) is 5.36. The zero-order valence-electron chi connectivity index (χ0n) is 13.6. The van der Waals surface area contributed by atoms with Gasteiger partial charge in [-0.05, 0) is 25.0 Å². The summed E-state index contributed by atoms with van der Waals surface area (Å²) in [5.41, 5.74) is 0.565. The van der Waals surface area contributed by atoms with Gasteiger partial charge in [-0.2, -0.15) is 0 Å². The van der Waals surface area contributed by atoms with E-state index in [9.17, 15) is 4.79 Å². The molecule has 0 bridgehead atoms. The van der Waals surface area contributed by atoms with Crippen LogP contribution in [0.15, 0.2) is 12.1 Å². The van der Waals surface area contributed by atoms with E-state index >= 15 is 0 Å². The van der Waals surface area contributed by atoms with Gasteiger partial charge in [0.05, 0.1) is 37.0 Å². The number of amides is 1. The fourth-order valence-electron chi connectivity index (χ4n) is 3.87. The van der Waals surface area contributed by atoms with E-state index in [0.29, 0.717) is 48.5 Å². The molecule has 3 aliphatic rings. The molecule has 2 fully saturated rings. The van der Waals surface area contributed by atoms with Crippen LogP contribution in [0.1, 0.15) is 42.5 Å². The Kier molecular flexibility index (Phi) is 4.55. The van der Waals surface area contributed by atoms with Crippen molar-refractivity contribution in [3.05, 3.63) is 22.7 Å². The number of benzene rings is 1. The van der Waals surface area contributed by atoms with Crippen LogP contribution >= 0.6 is 11.6 Å². The van der Waals surface area contributed by atoms with Gasteiger partial charge in [-0.3, -0.25) is 4.79 Å². The van der Waals surface area contributed by atoms with E-state index in [2.05, 4.69) is 0 Å². The highest BCUT2D eigenvalue weighted by molar-refractivity contribution is 6.32. The molecule has 1 aliphatic carbocycles. The third kappa shape index (κ3) is 2.95. The summed E-state index contributed by atoms with van der Waals surface area (Å²) >= 11 is 6.34.